The molecule has 0 saturated heterocycles. The van der Waals surface area contributed by atoms with Gasteiger partial charge in [-0.1, -0.05) is 54.1 Å². The molecule has 0 unspecified atom stereocenters. The van der Waals surface area contributed by atoms with Gasteiger partial charge in [-0.3, -0.25) is 4.79 Å². The van der Waals surface area contributed by atoms with Gasteiger partial charge in [0, 0.05) is 16.9 Å². The predicted molar refractivity (Wildman–Crippen MR) is 84.4 cm³/mol. The molecular formula is C18H19ClO. The van der Waals surface area contributed by atoms with Crippen LogP contribution in [0.3, 0.4) is 0 Å². The summed E-state index contributed by atoms with van der Waals surface area (Å²) >= 11 is 6.22. The van der Waals surface area contributed by atoms with Crippen molar-refractivity contribution in [2.24, 2.45) is 0 Å². The summed E-state index contributed by atoms with van der Waals surface area (Å²) in [7, 11) is 0. The molecule has 2 aromatic rings. The van der Waals surface area contributed by atoms with Crippen LogP contribution in [-0.4, -0.2) is 5.78 Å². The Kier molecular flexibility index (Phi) is 4.29. The van der Waals surface area contributed by atoms with E-state index in [1.807, 2.05) is 69.3 Å². The van der Waals surface area contributed by atoms with Crippen LogP contribution in [0.2, 0.25) is 5.02 Å². The summed E-state index contributed by atoms with van der Waals surface area (Å²) in [6.07, 6.45) is 0.362. The first-order valence-electron chi connectivity index (χ1n) is 6.75. The molecule has 20 heavy (non-hydrogen) atoms. The maximum absolute atomic E-state index is 12.6. The fourth-order valence-corrected chi connectivity index (χ4v) is 2.51. The number of benzene rings is 2. The second-order valence-corrected chi connectivity index (χ2v) is 6.09. The van der Waals surface area contributed by atoms with Gasteiger partial charge < -0.3 is 0 Å². The monoisotopic (exact) mass is 286 g/mol. The highest BCUT2D eigenvalue weighted by molar-refractivity contribution is 6.31. The van der Waals surface area contributed by atoms with Crippen LogP contribution in [-0.2, 0) is 16.6 Å². The lowest BCUT2D eigenvalue weighted by molar-refractivity contribution is -0.122. The Morgan fingerprint density at radius 2 is 1.75 bits per heavy atom. The number of carbonyl (C=O) groups is 1. The standard InChI is InChI=1S/C18H19ClO/c1-13-9-10-14(16(19)11-13)12-17(20)18(2,3)15-7-5-4-6-8-15/h4-11H,12H2,1-3H3. The average Bonchev–Trinajstić information content (AvgIpc) is 2.42. The number of Topliss-reactive ketones (excluding diaryl/α,β-unsaturated/α-hetero) is 1. The van der Waals surface area contributed by atoms with E-state index in [-0.39, 0.29) is 5.78 Å². The Morgan fingerprint density at radius 3 is 2.35 bits per heavy atom. The van der Waals surface area contributed by atoms with Gasteiger partial charge in [0.2, 0.25) is 0 Å². The molecular weight excluding hydrogens is 268 g/mol. The SMILES string of the molecule is Cc1ccc(CC(=O)C(C)(C)c2ccccc2)c(Cl)c1. The molecule has 0 atom stereocenters. The number of carbonyl (C=O) groups excluding carboxylic acids is 1. The summed E-state index contributed by atoms with van der Waals surface area (Å²) in [5.41, 5.74) is 2.53. The van der Waals surface area contributed by atoms with E-state index < -0.39 is 5.41 Å². The second kappa shape index (κ2) is 5.80. The largest absolute Gasteiger partial charge is 0.298 e. The Labute approximate surface area is 125 Å². The van der Waals surface area contributed by atoms with Crippen molar-refractivity contribution in [3.05, 3.63) is 70.2 Å². The lowest BCUT2D eigenvalue weighted by atomic mass is 9.78. The molecule has 0 aliphatic rings. The zero-order chi connectivity index (χ0) is 14.8. The van der Waals surface area contributed by atoms with Gasteiger partial charge in [-0.2, -0.15) is 0 Å². The summed E-state index contributed by atoms with van der Waals surface area (Å²) in [6, 6.07) is 15.7. The first kappa shape index (κ1) is 14.8. The number of halogens is 1. The molecule has 1 nitrogen and oxygen atoms in total. The fourth-order valence-electron chi connectivity index (χ4n) is 2.21. The smallest absolute Gasteiger partial charge is 0.147 e. The lowest BCUT2D eigenvalue weighted by Crippen LogP contribution is -2.30. The minimum absolute atomic E-state index is 0.175. The van der Waals surface area contributed by atoms with Crippen molar-refractivity contribution in [2.45, 2.75) is 32.6 Å². The normalized spacial score (nSPS) is 11.4. The van der Waals surface area contributed by atoms with Crippen molar-refractivity contribution in [3.63, 3.8) is 0 Å². The van der Waals surface area contributed by atoms with Gasteiger partial charge >= 0.3 is 0 Å². The Hall–Kier alpha value is -1.60. The van der Waals surface area contributed by atoms with Crippen molar-refractivity contribution in [3.8, 4) is 0 Å². The molecule has 0 N–H and O–H groups in total. The highest BCUT2D eigenvalue weighted by Crippen LogP contribution is 2.27. The van der Waals surface area contributed by atoms with Gasteiger partial charge in [-0.15, -0.1) is 0 Å². The number of rotatable bonds is 4. The van der Waals surface area contributed by atoms with Crippen LogP contribution in [0.25, 0.3) is 0 Å². The van der Waals surface area contributed by atoms with E-state index in [0.29, 0.717) is 11.4 Å². The van der Waals surface area contributed by atoms with E-state index >= 15 is 0 Å². The molecule has 0 aliphatic heterocycles. The highest BCUT2D eigenvalue weighted by Gasteiger charge is 2.29. The summed E-state index contributed by atoms with van der Waals surface area (Å²) in [6.45, 7) is 5.92. The molecule has 2 heteroatoms. The van der Waals surface area contributed by atoms with Gasteiger partial charge in [-0.05, 0) is 43.5 Å². The van der Waals surface area contributed by atoms with E-state index in [1.54, 1.807) is 0 Å². The zero-order valence-corrected chi connectivity index (χ0v) is 12.9. The van der Waals surface area contributed by atoms with Gasteiger partial charge in [0.05, 0.1) is 0 Å². The molecule has 0 heterocycles. The Balaban J connectivity index is 2.23. The summed E-state index contributed by atoms with van der Waals surface area (Å²) in [5.74, 6) is 0.175. The summed E-state index contributed by atoms with van der Waals surface area (Å²) in [5, 5.41) is 0.669. The molecule has 104 valence electrons. The van der Waals surface area contributed by atoms with E-state index in [1.165, 1.54) is 0 Å². The second-order valence-electron chi connectivity index (χ2n) is 5.69. The molecule has 0 spiro atoms. The third kappa shape index (κ3) is 3.10. The van der Waals surface area contributed by atoms with Gasteiger partial charge in [0.1, 0.15) is 5.78 Å². The number of aryl methyl sites for hydroxylation is 1. The minimum Gasteiger partial charge on any atom is -0.298 e. The first-order valence-corrected chi connectivity index (χ1v) is 7.13. The maximum atomic E-state index is 12.6. The van der Waals surface area contributed by atoms with Crippen LogP contribution in [0.4, 0.5) is 0 Å². The van der Waals surface area contributed by atoms with E-state index in [9.17, 15) is 4.79 Å². The van der Waals surface area contributed by atoms with Crippen LogP contribution in [0.5, 0.6) is 0 Å². The van der Waals surface area contributed by atoms with Crippen LogP contribution >= 0.6 is 11.6 Å². The first-order chi connectivity index (χ1) is 9.41. The molecule has 0 bridgehead atoms. The molecule has 0 aromatic heterocycles. The third-order valence-corrected chi connectivity index (χ3v) is 4.10. The molecule has 0 amide bonds. The van der Waals surface area contributed by atoms with E-state index in [2.05, 4.69) is 0 Å². The van der Waals surface area contributed by atoms with Crippen molar-refractivity contribution >= 4 is 17.4 Å². The van der Waals surface area contributed by atoms with Gasteiger partial charge in [0.25, 0.3) is 0 Å². The van der Waals surface area contributed by atoms with Crippen molar-refractivity contribution in [1.82, 2.24) is 0 Å². The van der Waals surface area contributed by atoms with E-state index in [0.717, 1.165) is 16.7 Å². The lowest BCUT2D eigenvalue weighted by Gasteiger charge is -2.24. The molecule has 2 aromatic carbocycles. The summed E-state index contributed by atoms with van der Waals surface area (Å²) in [4.78, 5) is 12.6. The predicted octanol–water partition coefficient (Wildman–Crippen LogP) is 4.74. The van der Waals surface area contributed by atoms with Crippen LogP contribution in [0.15, 0.2) is 48.5 Å². The highest BCUT2D eigenvalue weighted by atomic mass is 35.5. The number of hydrogen-bond donors (Lipinski definition) is 0. The van der Waals surface area contributed by atoms with Crippen LogP contribution < -0.4 is 0 Å². The molecule has 2 rings (SSSR count). The molecule has 0 saturated carbocycles. The van der Waals surface area contributed by atoms with Gasteiger partial charge in [0.15, 0.2) is 0 Å². The maximum Gasteiger partial charge on any atom is 0.147 e. The summed E-state index contributed by atoms with van der Waals surface area (Å²) < 4.78 is 0. The van der Waals surface area contributed by atoms with Crippen LogP contribution in [0, 0.1) is 6.92 Å². The Bertz CT molecular complexity index is 615. The van der Waals surface area contributed by atoms with E-state index in [4.69, 9.17) is 11.6 Å². The number of hydrogen-bond acceptors (Lipinski definition) is 1. The molecule has 0 aliphatic carbocycles. The molecule has 0 fully saturated rings. The quantitative estimate of drug-likeness (QED) is 0.793. The minimum atomic E-state index is -0.504. The topological polar surface area (TPSA) is 17.1 Å². The fraction of sp³-hybridized carbons (Fsp3) is 0.278. The average molecular weight is 287 g/mol. The van der Waals surface area contributed by atoms with Gasteiger partial charge in [-0.25, -0.2) is 0 Å². The zero-order valence-electron chi connectivity index (χ0n) is 12.1. The molecule has 0 radical (unpaired) electrons. The van der Waals surface area contributed by atoms with Crippen molar-refractivity contribution < 1.29 is 4.79 Å². The third-order valence-electron chi connectivity index (χ3n) is 3.75. The number of ketones is 1. The van der Waals surface area contributed by atoms with Crippen molar-refractivity contribution in [1.29, 1.82) is 0 Å². The van der Waals surface area contributed by atoms with Crippen molar-refractivity contribution in [2.75, 3.05) is 0 Å². The van der Waals surface area contributed by atoms with Crippen LogP contribution in [0.1, 0.15) is 30.5 Å². The Morgan fingerprint density at radius 1 is 1.10 bits per heavy atom.